The predicted octanol–water partition coefficient (Wildman–Crippen LogP) is 1.56. The minimum absolute atomic E-state index is 0.139. The number of aliphatic hydroxyl groups is 1. The second-order valence-electron chi connectivity index (χ2n) is 2.76. The van der Waals surface area contributed by atoms with E-state index in [0.29, 0.717) is 0 Å². The molecule has 78 valence electrons. The molecule has 14 heavy (non-hydrogen) atoms. The molecule has 0 atom stereocenters. The molecule has 3 nitrogen and oxygen atoms in total. The fourth-order valence-corrected chi connectivity index (χ4v) is 1.03. The lowest BCUT2D eigenvalue weighted by Gasteiger charge is -2.15. The molecule has 0 aromatic carbocycles. The maximum atomic E-state index is 13.2. The predicted molar refractivity (Wildman–Crippen MR) is 46.4 cm³/mol. The molecular formula is C9H11F2NO2. The first kappa shape index (κ1) is 10.8. The molecule has 0 aliphatic carbocycles. The number of nitrogens with zero attached hydrogens (tertiary/aromatic N) is 1. The minimum Gasteiger partial charge on any atom is -0.481 e. The topological polar surface area (TPSA) is 42.4 Å². The number of pyridine rings is 1. The molecule has 0 saturated heterocycles. The molecule has 5 heteroatoms. The number of rotatable bonds is 4. The summed E-state index contributed by atoms with van der Waals surface area (Å²) in [6, 6.07) is 2.37. The summed E-state index contributed by atoms with van der Waals surface area (Å²) in [5.74, 6) is -2.90. The van der Waals surface area contributed by atoms with Crippen molar-refractivity contribution in [3.8, 4) is 5.88 Å². The van der Waals surface area contributed by atoms with E-state index < -0.39 is 19.0 Å². The Morgan fingerprint density at radius 1 is 1.57 bits per heavy atom. The van der Waals surface area contributed by atoms with Gasteiger partial charge in [-0.1, -0.05) is 0 Å². The molecule has 0 aliphatic rings. The van der Waals surface area contributed by atoms with Gasteiger partial charge in [-0.25, -0.2) is 13.8 Å². The molecule has 0 saturated carbocycles. The highest BCUT2D eigenvalue weighted by Crippen LogP contribution is 2.32. The van der Waals surface area contributed by atoms with Crippen molar-refractivity contribution in [2.75, 3.05) is 13.7 Å². The number of methoxy groups -OCH3 is 1. The SMILES string of the molecule is COc1cc(C(F)(F)CCO)ccn1. The van der Waals surface area contributed by atoms with Crippen molar-refractivity contribution < 1.29 is 18.6 Å². The average molecular weight is 203 g/mol. The van der Waals surface area contributed by atoms with E-state index in [9.17, 15) is 8.78 Å². The van der Waals surface area contributed by atoms with Crippen LogP contribution in [0.3, 0.4) is 0 Å². The van der Waals surface area contributed by atoms with Crippen molar-refractivity contribution in [1.82, 2.24) is 4.98 Å². The van der Waals surface area contributed by atoms with E-state index in [1.54, 1.807) is 0 Å². The van der Waals surface area contributed by atoms with Crippen LogP contribution in [-0.4, -0.2) is 23.8 Å². The lowest BCUT2D eigenvalue weighted by atomic mass is 10.1. The van der Waals surface area contributed by atoms with Crippen molar-refractivity contribution in [2.24, 2.45) is 0 Å². The van der Waals surface area contributed by atoms with E-state index in [2.05, 4.69) is 4.98 Å². The Kier molecular flexibility index (Phi) is 3.35. The van der Waals surface area contributed by atoms with E-state index in [0.717, 1.165) is 6.07 Å². The zero-order valence-electron chi connectivity index (χ0n) is 7.70. The first-order chi connectivity index (χ1) is 6.60. The third-order valence-corrected chi connectivity index (χ3v) is 1.79. The molecule has 0 unspecified atom stereocenters. The van der Waals surface area contributed by atoms with Crippen LogP contribution in [0.15, 0.2) is 18.3 Å². The summed E-state index contributed by atoms with van der Waals surface area (Å²) in [5, 5.41) is 8.46. The van der Waals surface area contributed by atoms with Crippen LogP contribution in [0.25, 0.3) is 0 Å². The van der Waals surface area contributed by atoms with Crippen LogP contribution in [0.5, 0.6) is 5.88 Å². The van der Waals surface area contributed by atoms with Gasteiger partial charge in [-0.2, -0.15) is 0 Å². The number of aliphatic hydroxyl groups excluding tert-OH is 1. The van der Waals surface area contributed by atoms with Crippen LogP contribution < -0.4 is 4.74 Å². The van der Waals surface area contributed by atoms with Crippen molar-refractivity contribution in [3.05, 3.63) is 23.9 Å². The Balaban J connectivity index is 2.93. The monoisotopic (exact) mass is 203 g/mol. The number of ether oxygens (including phenoxy) is 1. The highest BCUT2D eigenvalue weighted by molar-refractivity contribution is 5.24. The molecule has 1 N–H and O–H groups in total. The smallest absolute Gasteiger partial charge is 0.275 e. The molecule has 0 aliphatic heterocycles. The normalized spacial score (nSPS) is 11.4. The zero-order chi connectivity index (χ0) is 10.6. The zero-order valence-corrected chi connectivity index (χ0v) is 7.70. The highest BCUT2D eigenvalue weighted by atomic mass is 19.3. The summed E-state index contributed by atoms with van der Waals surface area (Å²) in [5.41, 5.74) is -0.196. The molecule has 1 aromatic rings. The maximum Gasteiger partial charge on any atom is 0.275 e. The van der Waals surface area contributed by atoms with Crippen LogP contribution in [0.2, 0.25) is 0 Å². The van der Waals surface area contributed by atoms with Crippen LogP contribution in [0, 0.1) is 0 Å². The van der Waals surface area contributed by atoms with E-state index in [1.165, 1.54) is 19.4 Å². The van der Waals surface area contributed by atoms with E-state index in [1.807, 2.05) is 0 Å². The molecule has 0 fully saturated rings. The summed E-state index contributed by atoms with van der Waals surface area (Å²) < 4.78 is 31.2. The molecule has 1 heterocycles. The third kappa shape index (κ3) is 2.38. The number of halogens is 2. The fraction of sp³-hybridized carbons (Fsp3) is 0.444. The highest BCUT2D eigenvalue weighted by Gasteiger charge is 2.31. The standard InChI is InChI=1S/C9H11F2NO2/c1-14-8-6-7(2-4-12-8)9(10,11)3-5-13/h2,4,6,13H,3,5H2,1H3. The van der Waals surface area contributed by atoms with E-state index >= 15 is 0 Å². The average Bonchev–Trinajstić information content (AvgIpc) is 2.18. The Morgan fingerprint density at radius 2 is 2.29 bits per heavy atom. The summed E-state index contributed by atoms with van der Waals surface area (Å²) in [6.45, 7) is -0.558. The van der Waals surface area contributed by atoms with Gasteiger partial charge in [-0.15, -0.1) is 0 Å². The molecule has 0 spiro atoms. The van der Waals surface area contributed by atoms with Gasteiger partial charge in [0.05, 0.1) is 7.11 Å². The van der Waals surface area contributed by atoms with Gasteiger partial charge in [-0.05, 0) is 6.07 Å². The van der Waals surface area contributed by atoms with Crippen molar-refractivity contribution in [2.45, 2.75) is 12.3 Å². The number of alkyl halides is 2. The third-order valence-electron chi connectivity index (χ3n) is 1.79. The van der Waals surface area contributed by atoms with Crippen LogP contribution >= 0.6 is 0 Å². The molecular weight excluding hydrogens is 192 g/mol. The summed E-state index contributed by atoms with van der Waals surface area (Å²) in [6.07, 6.45) is 0.652. The van der Waals surface area contributed by atoms with Crippen LogP contribution in [0.4, 0.5) is 8.78 Å². The van der Waals surface area contributed by atoms with Crippen molar-refractivity contribution in [3.63, 3.8) is 0 Å². The molecule has 0 amide bonds. The fourth-order valence-electron chi connectivity index (χ4n) is 1.03. The Morgan fingerprint density at radius 3 is 2.86 bits per heavy atom. The maximum absolute atomic E-state index is 13.2. The Bertz CT molecular complexity index is 305. The Hall–Kier alpha value is -1.23. The second-order valence-corrected chi connectivity index (χ2v) is 2.76. The van der Waals surface area contributed by atoms with Gasteiger partial charge in [0.1, 0.15) is 0 Å². The molecule has 0 bridgehead atoms. The van der Waals surface area contributed by atoms with E-state index in [4.69, 9.17) is 9.84 Å². The number of hydrogen-bond acceptors (Lipinski definition) is 3. The first-order valence-corrected chi connectivity index (χ1v) is 4.09. The minimum atomic E-state index is -3.04. The van der Waals surface area contributed by atoms with Crippen molar-refractivity contribution >= 4 is 0 Å². The quantitative estimate of drug-likeness (QED) is 0.807. The lowest BCUT2D eigenvalue weighted by Crippen LogP contribution is -2.15. The Labute approximate surface area is 80.3 Å². The number of hydrogen-bond donors (Lipinski definition) is 1. The molecule has 1 aromatic heterocycles. The van der Waals surface area contributed by atoms with Gasteiger partial charge in [0.25, 0.3) is 5.92 Å². The van der Waals surface area contributed by atoms with Gasteiger partial charge in [-0.3, -0.25) is 0 Å². The van der Waals surface area contributed by atoms with Crippen LogP contribution in [-0.2, 0) is 5.92 Å². The van der Waals surface area contributed by atoms with Gasteiger partial charge in [0, 0.05) is 30.9 Å². The summed E-state index contributed by atoms with van der Waals surface area (Å²) >= 11 is 0. The second kappa shape index (κ2) is 4.32. The first-order valence-electron chi connectivity index (χ1n) is 4.09. The summed E-state index contributed by atoms with van der Waals surface area (Å²) in [7, 11) is 1.36. The lowest BCUT2D eigenvalue weighted by molar-refractivity contribution is -0.0272. The van der Waals surface area contributed by atoms with Crippen molar-refractivity contribution in [1.29, 1.82) is 0 Å². The van der Waals surface area contributed by atoms with Gasteiger partial charge in [0.15, 0.2) is 0 Å². The molecule has 1 rings (SSSR count). The summed E-state index contributed by atoms with van der Waals surface area (Å²) in [4.78, 5) is 3.71. The van der Waals surface area contributed by atoms with Gasteiger partial charge < -0.3 is 9.84 Å². The number of aromatic nitrogens is 1. The molecule has 0 radical (unpaired) electrons. The van der Waals surface area contributed by atoms with Crippen LogP contribution in [0.1, 0.15) is 12.0 Å². The van der Waals surface area contributed by atoms with E-state index in [-0.39, 0.29) is 11.4 Å². The van der Waals surface area contributed by atoms with Gasteiger partial charge in [0.2, 0.25) is 5.88 Å². The van der Waals surface area contributed by atoms with Gasteiger partial charge >= 0.3 is 0 Å². The largest absolute Gasteiger partial charge is 0.481 e.